The van der Waals surface area contributed by atoms with Crippen LogP contribution in [-0.2, 0) is 0 Å². The minimum atomic E-state index is -0.142. The third kappa shape index (κ3) is 3.19. The molecule has 4 fully saturated rings. The van der Waals surface area contributed by atoms with E-state index in [2.05, 4.69) is 54.5 Å². The van der Waals surface area contributed by atoms with Gasteiger partial charge in [0.05, 0.1) is 12.2 Å². The van der Waals surface area contributed by atoms with E-state index >= 15 is 0 Å². The molecule has 0 radical (unpaired) electrons. The van der Waals surface area contributed by atoms with Gasteiger partial charge in [0, 0.05) is 0 Å². The second-order valence-electron chi connectivity index (χ2n) is 15.0. The fourth-order valence-electron chi connectivity index (χ4n) is 11.5. The molecule has 5 aliphatic carbocycles. The summed E-state index contributed by atoms with van der Waals surface area (Å²) in [5.41, 5.74) is 3.00. The van der Waals surface area contributed by atoms with Crippen molar-refractivity contribution in [1.82, 2.24) is 0 Å². The van der Waals surface area contributed by atoms with Gasteiger partial charge in [-0.1, -0.05) is 60.1 Å². The molecule has 0 aromatic carbocycles. The summed E-state index contributed by atoms with van der Waals surface area (Å²) in [5, 5.41) is 22.2. The Balaban J connectivity index is 1.50. The molecule has 194 valence electrons. The molecule has 0 heterocycles. The first-order valence-corrected chi connectivity index (χ1v) is 14.9. The van der Waals surface area contributed by atoms with Crippen molar-refractivity contribution in [2.45, 2.75) is 138 Å². The second kappa shape index (κ2) is 8.08. The molecule has 0 saturated heterocycles. The third-order valence-corrected chi connectivity index (χ3v) is 14.0. The highest BCUT2D eigenvalue weighted by Crippen LogP contribution is 2.70. The van der Waals surface area contributed by atoms with Crippen LogP contribution in [0.2, 0.25) is 0 Å². The van der Waals surface area contributed by atoms with E-state index in [1.165, 1.54) is 51.4 Å². The normalized spacial score (nSPS) is 57.4. The summed E-state index contributed by atoms with van der Waals surface area (Å²) in [6.45, 7) is 17.3. The van der Waals surface area contributed by atoms with E-state index in [9.17, 15) is 10.2 Å². The zero-order valence-electron chi connectivity index (χ0n) is 23.4. The van der Waals surface area contributed by atoms with Crippen molar-refractivity contribution in [1.29, 1.82) is 0 Å². The number of allylic oxidation sites excluding steroid dienone is 2. The molecule has 5 aliphatic rings. The first kappa shape index (κ1) is 25.3. The largest absolute Gasteiger partial charge is 0.393 e. The van der Waals surface area contributed by atoms with Gasteiger partial charge in [0.15, 0.2) is 0 Å². The zero-order valence-corrected chi connectivity index (χ0v) is 23.4. The van der Waals surface area contributed by atoms with Gasteiger partial charge in [0.1, 0.15) is 0 Å². The Labute approximate surface area is 210 Å². The van der Waals surface area contributed by atoms with Gasteiger partial charge in [-0.05, 0) is 128 Å². The predicted molar refractivity (Wildman–Crippen MR) is 141 cm³/mol. The number of hydrogen-bond donors (Lipinski definition) is 2. The Morgan fingerprint density at radius 3 is 1.91 bits per heavy atom. The lowest BCUT2D eigenvalue weighted by atomic mass is 9.41. The van der Waals surface area contributed by atoms with E-state index < -0.39 is 0 Å². The van der Waals surface area contributed by atoms with Gasteiger partial charge in [-0.2, -0.15) is 0 Å². The molecule has 0 bridgehead atoms. The van der Waals surface area contributed by atoms with Crippen molar-refractivity contribution in [3.05, 3.63) is 11.6 Å². The van der Waals surface area contributed by atoms with Crippen molar-refractivity contribution < 1.29 is 10.2 Å². The van der Waals surface area contributed by atoms with Crippen LogP contribution in [0.3, 0.4) is 0 Å². The van der Waals surface area contributed by atoms with Crippen LogP contribution in [-0.4, -0.2) is 22.4 Å². The van der Waals surface area contributed by atoms with Crippen LogP contribution in [0.25, 0.3) is 0 Å². The van der Waals surface area contributed by atoms with Crippen molar-refractivity contribution >= 4 is 0 Å². The van der Waals surface area contributed by atoms with E-state index in [4.69, 9.17) is 0 Å². The molecule has 2 heteroatoms. The summed E-state index contributed by atoms with van der Waals surface area (Å²) in [5.74, 6) is 2.71. The molecular weight excluding hydrogens is 416 g/mol. The van der Waals surface area contributed by atoms with Gasteiger partial charge in [0.2, 0.25) is 0 Å². The number of fused-ring (bicyclic) bond motifs is 6. The average Bonchev–Trinajstić information content (AvgIpc) is 2.96. The fourth-order valence-corrected chi connectivity index (χ4v) is 11.5. The first-order chi connectivity index (χ1) is 15.9. The summed E-state index contributed by atoms with van der Waals surface area (Å²) >= 11 is 0. The standard InChI is InChI=1S/C32H54O2/c1-8-29(4)24-12-10-21-20-28(3)17-14-25-30(5,9-2)27(34)16-19-32(25,7)23(28)13-11-22(21)31(24,6)18-15-26(29)33/h10,22-27,33-34H,8-9,11-20H2,1-7H3. The van der Waals surface area contributed by atoms with Crippen molar-refractivity contribution in [3.63, 3.8) is 0 Å². The second-order valence-corrected chi connectivity index (χ2v) is 15.0. The highest BCUT2D eigenvalue weighted by molar-refractivity contribution is 5.25. The fraction of sp³-hybridized carbons (Fsp3) is 0.938. The van der Waals surface area contributed by atoms with Gasteiger partial charge in [0.25, 0.3) is 0 Å². The van der Waals surface area contributed by atoms with Crippen molar-refractivity contribution in [3.8, 4) is 0 Å². The maximum absolute atomic E-state index is 11.1. The zero-order chi connectivity index (χ0) is 24.7. The molecule has 34 heavy (non-hydrogen) atoms. The summed E-state index contributed by atoms with van der Waals surface area (Å²) in [6.07, 6.45) is 16.7. The van der Waals surface area contributed by atoms with Crippen LogP contribution >= 0.6 is 0 Å². The van der Waals surface area contributed by atoms with Crippen LogP contribution in [0.4, 0.5) is 0 Å². The molecule has 0 spiro atoms. The Morgan fingerprint density at radius 2 is 1.29 bits per heavy atom. The highest BCUT2D eigenvalue weighted by Gasteiger charge is 2.63. The van der Waals surface area contributed by atoms with Gasteiger partial charge < -0.3 is 10.2 Å². The van der Waals surface area contributed by atoms with E-state index in [1.54, 1.807) is 5.57 Å². The topological polar surface area (TPSA) is 40.5 Å². The quantitative estimate of drug-likeness (QED) is 0.402. The first-order valence-electron chi connectivity index (χ1n) is 14.9. The number of rotatable bonds is 2. The Kier molecular flexibility index (Phi) is 6.01. The maximum atomic E-state index is 11.1. The van der Waals surface area contributed by atoms with Crippen LogP contribution in [0.5, 0.6) is 0 Å². The van der Waals surface area contributed by atoms with Gasteiger partial charge in [-0.3, -0.25) is 0 Å². The summed E-state index contributed by atoms with van der Waals surface area (Å²) in [4.78, 5) is 0. The van der Waals surface area contributed by atoms with Crippen LogP contribution in [0.15, 0.2) is 11.6 Å². The summed E-state index contributed by atoms with van der Waals surface area (Å²) in [7, 11) is 0. The molecule has 2 N–H and O–H groups in total. The average molecular weight is 471 g/mol. The Morgan fingerprint density at radius 1 is 0.706 bits per heavy atom. The van der Waals surface area contributed by atoms with Gasteiger partial charge >= 0.3 is 0 Å². The SMILES string of the molecule is CCC1(C)C(O)CCC2(C)C3CCC4C(C)(CCC5C(C)(CC)C(O)CCC45C)CC3=CCC12. The Hall–Kier alpha value is -0.340. The molecule has 0 aromatic heterocycles. The van der Waals surface area contributed by atoms with Crippen LogP contribution in [0, 0.1) is 50.7 Å². The minimum Gasteiger partial charge on any atom is -0.393 e. The molecule has 0 amide bonds. The van der Waals surface area contributed by atoms with Crippen LogP contribution in [0.1, 0.15) is 126 Å². The molecular formula is C32H54O2. The van der Waals surface area contributed by atoms with E-state index in [-0.39, 0.29) is 23.0 Å². The molecule has 0 aliphatic heterocycles. The molecule has 4 saturated carbocycles. The van der Waals surface area contributed by atoms with E-state index in [1.807, 2.05) is 0 Å². The predicted octanol–water partition coefficient (Wildman–Crippen LogP) is 7.92. The molecule has 0 aromatic rings. The molecule has 5 rings (SSSR count). The monoisotopic (exact) mass is 470 g/mol. The van der Waals surface area contributed by atoms with E-state index in [0.29, 0.717) is 34.0 Å². The lowest BCUT2D eigenvalue weighted by Crippen LogP contribution is -2.59. The third-order valence-electron chi connectivity index (χ3n) is 14.0. The summed E-state index contributed by atoms with van der Waals surface area (Å²) in [6, 6.07) is 0. The minimum absolute atomic E-state index is 0.0531. The smallest absolute Gasteiger partial charge is 0.0596 e. The van der Waals surface area contributed by atoms with Gasteiger partial charge in [-0.15, -0.1) is 0 Å². The lowest BCUT2D eigenvalue weighted by molar-refractivity contribution is -0.178. The number of aliphatic hydroxyl groups excluding tert-OH is 2. The molecule has 11 atom stereocenters. The maximum Gasteiger partial charge on any atom is 0.0596 e. The Bertz CT molecular complexity index is 833. The van der Waals surface area contributed by atoms with Crippen molar-refractivity contribution in [2.24, 2.45) is 50.7 Å². The number of hydrogen-bond acceptors (Lipinski definition) is 2. The lowest BCUT2D eigenvalue weighted by Gasteiger charge is -2.64. The molecule has 2 nitrogen and oxygen atoms in total. The van der Waals surface area contributed by atoms with Gasteiger partial charge in [-0.25, -0.2) is 0 Å². The molecule has 11 unspecified atom stereocenters. The van der Waals surface area contributed by atoms with E-state index in [0.717, 1.165) is 31.6 Å². The highest BCUT2D eigenvalue weighted by atomic mass is 16.3. The van der Waals surface area contributed by atoms with Crippen molar-refractivity contribution in [2.75, 3.05) is 0 Å². The number of aliphatic hydroxyl groups is 2. The summed E-state index contributed by atoms with van der Waals surface area (Å²) < 4.78 is 0. The van der Waals surface area contributed by atoms with Crippen LogP contribution < -0.4 is 0 Å².